The topological polar surface area (TPSA) is 79.2 Å². The number of hydrogen-bond donors (Lipinski definition) is 1. The zero-order chi connectivity index (χ0) is 19.1. The lowest BCUT2D eigenvalue weighted by Gasteiger charge is -2.17. The second-order valence-corrected chi connectivity index (χ2v) is 5.57. The summed E-state index contributed by atoms with van der Waals surface area (Å²) in [7, 11) is 1.19. The van der Waals surface area contributed by atoms with E-state index in [4.69, 9.17) is 10.00 Å². The molecule has 0 fully saturated rings. The molecule has 0 saturated heterocycles. The molecule has 1 N–H and O–H groups in total. The van der Waals surface area contributed by atoms with Crippen molar-refractivity contribution in [3.8, 4) is 6.07 Å². The molecular weight excluding hydrogens is 342 g/mol. The van der Waals surface area contributed by atoms with Crippen molar-refractivity contribution in [1.82, 2.24) is 5.32 Å². The van der Waals surface area contributed by atoms with Crippen molar-refractivity contribution < 1.29 is 23.1 Å². The van der Waals surface area contributed by atoms with E-state index in [0.717, 1.165) is 6.07 Å². The van der Waals surface area contributed by atoms with Crippen LogP contribution < -0.4 is 5.32 Å². The van der Waals surface area contributed by atoms with Gasteiger partial charge >= 0.3 is 5.97 Å². The van der Waals surface area contributed by atoms with E-state index in [-0.39, 0.29) is 18.4 Å². The minimum Gasteiger partial charge on any atom is -0.467 e. The Morgan fingerprint density at radius 2 is 1.88 bits per heavy atom. The molecule has 0 aliphatic carbocycles. The van der Waals surface area contributed by atoms with Gasteiger partial charge in [-0.2, -0.15) is 5.26 Å². The Morgan fingerprint density at radius 1 is 1.19 bits per heavy atom. The minimum absolute atomic E-state index is 0.0193. The van der Waals surface area contributed by atoms with Crippen LogP contribution in [0.5, 0.6) is 0 Å². The predicted octanol–water partition coefficient (Wildman–Crippen LogP) is 2.28. The predicted molar refractivity (Wildman–Crippen MR) is 88.9 cm³/mol. The average Bonchev–Trinajstić information content (AvgIpc) is 2.63. The molecule has 0 bridgehead atoms. The van der Waals surface area contributed by atoms with E-state index in [2.05, 4.69) is 5.32 Å². The van der Waals surface area contributed by atoms with E-state index in [1.165, 1.54) is 13.2 Å². The van der Waals surface area contributed by atoms with Gasteiger partial charge < -0.3 is 10.1 Å². The Balaban J connectivity index is 2.07. The summed E-state index contributed by atoms with van der Waals surface area (Å²) in [6.45, 7) is 0. The standard InChI is InChI=1S/C19H16F2N2O3/c1-26-19(25)17(8-12-2-4-13(11-22)5-3-12)23-18(24)9-14-6-7-15(20)10-16(14)21/h2-7,10,17H,8-9H2,1H3,(H,23,24)/t17-/m0/s1. The SMILES string of the molecule is COC(=O)[C@H](Cc1ccc(C#N)cc1)NC(=O)Cc1ccc(F)cc1F. The average molecular weight is 358 g/mol. The van der Waals surface area contributed by atoms with Crippen molar-refractivity contribution in [2.24, 2.45) is 0 Å². The first-order chi connectivity index (χ1) is 12.4. The number of hydrogen-bond acceptors (Lipinski definition) is 4. The van der Waals surface area contributed by atoms with Gasteiger partial charge in [0.15, 0.2) is 0 Å². The van der Waals surface area contributed by atoms with Gasteiger partial charge in [-0.15, -0.1) is 0 Å². The number of ether oxygens (including phenoxy) is 1. The quantitative estimate of drug-likeness (QED) is 0.804. The molecule has 2 rings (SSSR count). The largest absolute Gasteiger partial charge is 0.467 e. The van der Waals surface area contributed by atoms with Crippen LogP contribution in [0.25, 0.3) is 0 Å². The van der Waals surface area contributed by atoms with Crippen LogP contribution in [-0.4, -0.2) is 25.0 Å². The summed E-state index contributed by atoms with van der Waals surface area (Å²) in [5.41, 5.74) is 1.21. The van der Waals surface area contributed by atoms with Gasteiger partial charge in [-0.25, -0.2) is 13.6 Å². The van der Waals surface area contributed by atoms with Crippen LogP contribution in [0.3, 0.4) is 0 Å². The molecule has 1 amide bonds. The van der Waals surface area contributed by atoms with Gasteiger partial charge in [-0.05, 0) is 29.3 Å². The van der Waals surface area contributed by atoms with E-state index in [1.807, 2.05) is 6.07 Å². The van der Waals surface area contributed by atoms with Gasteiger partial charge in [0.1, 0.15) is 17.7 Å². The molecule has 0 heterocycles. The van der Waals surface area contributed by atoms with E-state index >= 15 is 0 Å². The van der Waals surface area contributed by atoms with E-state index < -0.39 is 29.6 Å². The zero-order valence-electron chi connectivity index (χ0n) is 14.0. The van der Waals surface area contributed by atoms with E-state index in [1.54, 1.807) is 24.3 Å². The molecule has 0 radical (unpaired) electrons. The number of esters is 1. The smallest absolute Gasteiger partial charge is 0.328 e. The maximum atomic E-state index is 13.7. The summed E-state index contributed by atoms with van der Waals surface area (Å²) in [6, 6.07) is 10.5. The van der Waals surface area contributed by atoms with Gasteiger partial charge in [-0.3, -0.25) is 4.79 Å². The number of carbonyl (C=O) groups excluding carboxylic acids is 2. The Morgan fingerprint density at radius 3 is 2.46 bits per heavy atom. The van der Waals surface area contributed by atoms with Gasteiger partial charge in [-0.1, -0.05) is 18.2 Å². The van der Waals surface area contributed by atoms with Gasteiger partial charge in [0.2, 0.25) is 5.91 Å². The van der Waals surface area contributed by atoms with Crippen LogP contribution in [0.2, 0.25) is 0 Å². The molecule has 1 atom stereocenters. The van der Waals surface area contributed by atoms with Crippen LogP contribution in [-0.2, 0) is 27.2 Å². The molecular formula is C19H16F2N2O3. The van der Waals surface area contributed by atoms with Crippen LogP contribution in [0.1, 0.15) is 16.7 Å². The third kappa shape index (κ3) is 5.11. The van der Waals surface area contributed by atoms with Gasteiger partial charge in [0.05, 0.1) is 25.2 Å². The number of carbonyl (C=O) groups is 2. The normalized spacial score (nSPS) is 11.3. The molecule has 0 aromatic heterocycles. The monoisotopic (exact) mass is 358 g/mol. The maximum absolute atomic E-state index is 13.7. The van der Waals surface area contributed by atoms with Crippen LogP contribution in [0.4, 0.5) is 8.78 Å². The van der Waals surface area contributed by atoms with Crippen molar-refractivity contribution in [3.05, 3.63) is 70.8 Å². The highest BCUT2D eigenvalue weighted by Gasteiger charge is 2.22. The number of methoxy groups -OCH3 is 1. The maximum Gasteiger partial charge on any atom is 0.328 e. The zero-order valence-corrected chi connectivity index (χ0v) is 14.0. The van der Waals surface area contributed by atoms with Gasteiger partial charge in [0, 0.05) is 12.5 Å². The van der Waals surface area contributed by atoms with Crippen molar-refractivity contribution in [2.75, 3.05) is 7.11 Å². The van der Waals surface area contributed by atoms with Crippen LogP contribution in [0.15, 0.2) is 42.5 Å². The van der Waals surface area contributed by atoms with Crippen LogP contribution in [0, 0.1) is 23.0 Å². The highest BCUT2D eigenvalue weighted by Crippen LogP contribution is 2.11. The second-order valence-electron chi connectivity index (χ2n) is 5.57. The van der Waals surface area contributed by atoms with Crippen molar-refractivity contribution in [2.45, 2.75) is 18.9 Å². The minimum atomic E-state index is -0.969. The number of benzene rings is 2. The molecule has 0 aliphatic heterocycles. The molecule has 134 valence electrons. The lowest BCUT2D eigenvalue weighted by Crippen LogP contribution is -2.43. The summed E-state index contributed by atoms with van der Waals surface area (Å²) in [6.07, 6.45) is -0.191. The molecule has 26 heavy (non-hydrogen) atoms. The Labute approximate surface area is 149 Å². The van der Waals surface area contributed by atoms with Crippen molar-refractivity contribution >= 4 is 11.9 Å². The third-order valence-electron chi connectivity index (χ3n) is 3.71. The Hall–Kier alpha value is -3.27. The molecule has 0 saturated carbocycles. The Bertz CT molecular complexity index is 845. The molecule has 5 nitrogen and oxygen atoms in total. The van der Waals surface area contributed by atoms with Gasteiger partial charge in [0.25, 0.3) is 0 Å². The number of nitrogens with one attached hydrogen (secondary N) is 1. The first-order valence-electron chi connectivity index (χ1n) is 7.73. The lowest BCUT2D eigenvalue weighted by molar-refractivity contribution is -0.145. The Kier molecular flexibility index (Phi) is 6.39. The summed E-state index contributed by atoms with van der Waals surface area (Å²) >= 11 is 0. The fourth-order valence-corrected chi connectivity index (χ4v) is 2.37. The molecule has 2 aromatic rings. The third-order valence-corrected chi connectivity index (χ3v) is 3.71. The number of halogens is 2. The number of amides is 1. The van der Waals surface area contributed by atoms with Crippen molar-refractivity contribution in [3.63, 3.8) is 0 Å². The number of rotatable bonds is 6. The molecule has 0 unspecified atom stereocenters. The fourth-order valence-electron chi connectivity index (χ4n) is 2.37. The van der Waals surface area contributed by atoms with E-state index in [0.29, 0.717) is 17.2 Å². The molecule has 7 heteroatoms. The molecule has 2 aromatic carbocycles. The first kappa shape index (κ1) is 19.1. The summed E-state index contributed by atoms with van der Waals surface area (Å²) in [4.78, 5) is 24.1. The number of nitrogens with zero attached hydrogens (tertiary/aromatic N) is 1. The fraction of sp³-hybridized carbons (Fsp3) is 0.211. The second kappa shape index (κ2) is 8.72. The number of nitriles is 1. The summed E-state index contributed by atoms with van der Waals surface area (Å²) < 4.78 is 31.3. The summed E-state index contributed by atoms with van der Waals surface area (Å²) in [5.74, 6) is -2.82. The van der Waals surface area contributed by atoms with Crippen LogP contribution >= 0.6 is 0 Å². The lowest BCUT2D eigenvalue weighted by atomic mass is 10.0. The first-order valence-corrected chi connectivity index (χ1v) is 7.73. The highest BCUT2D eigenvalue weighted by atomic mass is 19.1. The summed E-state index contributed by atoms with van der Waals surface area (Å²) in [5, 5.41) is 11.3. The highest BCUT2D eigenvalue weighted by molar-refractivity contribution is 5.85. The molecule has 0 aliphatic rings. The molecule has 0 spiro atoms. The van der Waals surface area contributed by atoms with Crippen molar-refractivity contribution in [1.29, 1.82) is 5.26 Å². The van der Waals surface area contributed by atoms with E-state index in [9.17, 15) is 18.4 Å².